The first-order valence-electron chi connectivity index (χ1n) is 8.22. The molecule has 1 N–H and O–H groups in total. The van der Waals surface area contributed by atoms with Gasteiger partial charge in [0, 0.05) is 45.0 Å². The van der Waals surface area contributed by atoms with Crippen molar-refractivity contribution >= 4 is 17.6 Å². The maximum absolute atomic E-state index is 12.2. The first kappa shape index (κ1) is 15.8. The summed E-state index contributed by atoms with van der Waals surface area (Å²) in [5.41, 5.74) is 1.25. The number of aromatic carboxylic acids is 1. The fourth-order valence-electron chi connectivity index (χ4n) is 3.26. The Labute approximate surface area is 136 Å². The van der Waals surface area contributed by atoms with E-state index >= 15 is 0 Å². The van der Waals surface area contributed by atoms with E-state index in [2.05, 4.69) is 9.80 Å². The quantitative estimate of drug-likeness (QED) is 0.902. The van der Waals surface area contributed by atoms with Crippen LogP contribution in [0.25, 0.3) is 0 Å². The maximum Gasteiger partial charge on any atom is 0.335 e. The van der Waals surface area contributed by atoms with Gasteiger partial charge in [0.25, 0.3) is 0 Å². The van der Waals surface area contributed by atoms with E-state index in [0.29, 0.717) is 12.1 Å². The zero-order valence-electron chi connectivity index (χ0n) is 13.3. The largest absolute Gasteiger partial charge is 0.478 e. The molecule has 3 rings (SSSR count). The van der Waals surface area contributed by atoms with E-state index in [0.717, 1.165) is 57.8 Å². The highest BCUT2D eigenvalue weighted by Crippen LogP contribution is 2.18. The van der Waals surface area contributed by atoms with Crippen LogP contribution < -0.4 is 4.90 Å². The Hall–Kier alpha value is -2.08. The molecule has 2 fully saturated rings. The van der Waals surface area contributed by atoms with Gasteiger partial charge in [0.15, 0.2) is 0 Å². The summed E-state index contributed by atoms with van der Waals surface area (Å²) in [6.07, 6.45) is 2.25. The lowest BCUT2D eigenvalue weighted by Gasteiger charge is -2.36. The van der Waals surface area contributed by atoms with Crippen molar-refractivity contribution in [2.24, 2.45) is 0 Å². The maximum atomic E-state index is 12.2. The number of carboxylic acids is 1. The van der Waals surface area contributed by atoms with Gasteiger partial charge in [-0.05, 0) is 31.0 Å². The Kier molecular flexibility index (Phi) is 4.81. The summed E-state index contributed by atoms with van der Waals surface area (Å²) in [4.78, 5) is 29.6. The van der Waals surface area contributed by atoms with E-state index in [9.17, 15) is 9.59 Å². The number of piperazine rings is 1. The zero-order valence-corrected chi connectivity index (χ0v) is 13.3. The summed E-state index contributed by atoms with van der Waals surface area (Å²) < 4.78 is 0. The molecular weight excluding hydrogens is 294 g/mol. The molecule has 0 spiro atoms. The first-order valence-corrected chi connectivity index (χ1v) is 8.22. The molecule has 23 heavy (non-hydrogen) atoms. The highest BCUT2D eigenvalue weighted by atomic mass is 16.4. The fraction of sp³-hybridized carbons (Fsp3) is 0.529. The first-order chi connectivity index (χ1) is 11.1. The molecule has 0 saturated carbocycles. The van der Waals surface area contributed by atoms with Crippen LogP contribution >= 0.6 is 0 Å². The van der Waals surface area contributed by atoms with Gasteiger partial charge in [-0.15, -0.1) is 0 Å². The second kappa shape index (κ2) is 7.00. The van der Waals surface area contributed by atoms with Crippen LogP contribution in [0.1, 0.15) is 23.2 Å². The topological polar surface area (TPSA) is 64.1 Å². The van der Waals surface area contributed by atoms with E-state index in [1.165, 1.54) is 0 Å². The highest BCUT2D eigenvalue weighted by Gasteiger charge is 2.23. The minimum Gasteiger partial charge on any atom is -0.478 e. The Morgan fingerprint density at radius 1 is 1.00 bits per heavy atom. The van der Waals surface area contributed by atoms with Crippen LogP contribution in [0.4, 0.5) is 5.69 Å². The molecule has 0 bridgehead atoms. The number of likely N-dealkylation sites (tertiary alicyclic amines) is 1. The van der Waals surface area contributed by atoms with Gasteiger partial charge in [-0.25, -0.2) is 4.79 Å². The lowest BCUT2D eigenvalue weighted by molar-refractivity contribution is -0.131. The summed E-state index contributed by atoms with van der Waals surface area (Å²) in [6.45, 7) is 5.60. The lowest BCUT2D eigenvalue weighted by atomic mass is 10.1. The number of carbonyl (C=O) groups is 2. The van der Waals surface area contributed by atoms with Crippen LogP contribution in [0.5, 0.6) is 0 Å². The molecule has 2 heterocycles. The van der Waals surface area contributed by atoms with Crippen LogP contribution in [0.15, 0.2) is 24.3 Å². The van der Waals surface area contributed by atoms with Gasteiger partial charge >= 0.3 is 5.97 Å². The summed E-state index contributed by atoms with van der Waals surface area (Å²) >= 11 is 0. The second-order valence-corrected chi connectivity index (χ2v) is 6.21. The van der Waals surface area contributed by atoms with Crippen LogP contribution in [0.2, 0.25) is 0 Å². The lowest BCUT2D eigenvalue weighted by Crippen LogP contribution is -2.49. The average Bonchev–Trinajstić information content (AvgIpc) is 3.10. The van der Waals surface area contributed by atoms with Crippen molar-refractivity contribution < 1.29 is 14.7 Å². The third-order valence-corrected chi connectivity index (χ3v) is 4.65. The molecule has 0 unspecified atom stereocenters. The van der Waals surface area contributed by atoms with E-state index in [1.54, 1.807) is 18.2 Å². The average molecular weight is 317 g/mol. The van der Waals surface area contributed by atoms with E-state index in [-0.39, 0.29) is 5.91 Å². The number of carboxylic acid groups (broad SMARTS) is 1. The van der Waals surface area contributed by atoms with Crippen molar-refractivity contribution in [3.05, 3.63) is 29.8 Å². The van der Waals surface area contributed by atoms with Gasteiger partial charge in [0.2, 0.25) is 5.91 Å². The Bertz CT molecular complexity index is 576. The van der Waals surface area contributed by atoms with Crippen molar-refractivity contribution in [1.29, 1.82) is 0 Å². The molecule has 0 radical (unpaired) electrons. The van der Waals surface area contributed by atoms with Crippen LogP contribution in [0, 0.1) is 0 Å². The standard InChI is InChI=1S/C17H23N3O3/c21-16(20-6-1-2-7-20)13-18-8-10-19(11-9-18)15-5-3-4-14(12-15)17(22)23/h3-5,12H,1-2,6-11,13H2,(H,22,23). The predicted molar refractivity (Wildman–Crippen MR) is 87.9 cm³/mol. The number of nitrogens with zero attached hydrogens (tertiary/aromatic N) is 3. The Morgan fingerprint density at radius 3 is 2.35 bits per heavy atom. The predicted octanol–water partition coefficient (Wildman–Crippen LogP) is 1.13. The molecule has 1 amide bonds. The number of benzene rings is 1. The number of amides is 1. The number of hydrogen-bond acceptors (Lipinski definition) is 4. The normalized spacial score (nSPS) is 19.1. The SMILES string of the molecule is O=C(O)c1cccc(N2CCN(CC(=O)N3CCCC3)CC2)c1. The van der Waals surface area contributed by atoms with Gasteiger partial charge in [-0.1, -0.05) is 6.07 Å². The molecule has 1 aromatic carbocycles. The van der Waals surface area contributed by atoms with E-state index < -0.39 is 5.97 Å². The minimum atomic E-state index is -0.901. The molecule has 2 saturated heterocycles. The number of rotatable bonds is 4. The molecule has 1 aromatic rings. The Balaban J connectivity index is 1.53. The molecular formula is C17H23N3O3. The Morgan fingerprint density at radius 2 is 1.70 bits per heavy atom. The monoisotopic (exact) mass is 317 g/mol. The fourth-order valence-corrected chi connectivity index (χ4v) is 3.26. The zero-order chi connectivity index (χ0) is 16.2. The smallest absolute Gasteiger partial charge is 0.335 e. The summed E-state index contributed by atoms with van der Waals surface area (Å²) in [7, 11) is 0. The van der Waals surface area contributed by atoms with Crippen molar-refractivity contribution in [1.82, 2.24) is 9.80 Å². The van der Waals surface area contributed by atoms with Gasteiger partial charge in [0.05, 0.1) is 12.1 Å². The van der Waals surface area contributed by atoms with E-state index in [1.807, 2.05) is 11.0 Å². The van der Waals surface area contributed by atoms with Crippen LogP contribution in [-0.4, -0.2) is 72.6 Å². The van der Waals surface area contributed by atoms with Crippen molar-refractivity contribution in [3.63, 3.8) is 0 Å². The molecule has 0 aliphatic carbocycles. The van der Waals surface area contributed by atoms with E-state index in [4.69, 9.17) is 5.11 Å². The minimum absolute atomic E-state index is 0.240. The van der Waals surface area contributed by atoms with Gasteiger partial charge in [0.1, 0.15) is 0 Å². The molecule has 6 heteroatoms. The molecule has 124 valence electrons. The number of anilines is 1. The molecule has 2 aliphatic rings. The van der Waals surface area contributed by atoms with Crippen LogP contribution in [-0.2, 0) is 4.79 Å². The van der Waals surface area contributed by atoms with Crippen LogP contribution in [0.3, 0.4) is 0 Å². The summed E-state index contributed by atoms with van der Waals surface area (Å²) in [5, 5.41) is 9.08. The molecule has 6 nitrogen and oxygen atoms in total. The van der Waals surface area contributed by atoms with Gasteiger partial charge in [-0.2, -0.15) is 0 Å². The molecule has 0 atom stereocenters. The summed E-state index contributed by atoms with van der Waals surface area (Å²) in [6, 6.07) is 7.05. The van der Waals surface area contributed by atoms with Crippen molar-refractivity contribution in [2.45, 2.75) is 12.8 Å². The third kappa shape index (κ3) is 3.82. The molecule has 2 aliphatic heterocycles. The number of hydrogen-bond donors (Lipinski definition) is 1. The number of carbonyl (C=O) groups excluding carboxylic acids is 1. The second-order valence-electron chi connectivity index (χ2n) is 6.21. The van der Waals surface area contributed by atoms with Gasteiger partial charge < -0.3 is 14.9 Å². The third-order valence-electron chi connectivity index (χ3n) is 4.65. The van der Waals surface area contributed by atoms with Gasteiger partial charge in [-0.3, -0.25) is 9.69 Å². The van der Waals surface area contributed by atoms with Crippen molar-refractivity contribution in [2.75, 3.05) is 50.7 Å². The highest BCUT2D eigenvalue weighted by molar-refractivity contribution is 5.88. The molecule has 0 aromatic heterocycles. The summed E-state index contributed by atoms with van der Waals surface area (Å²) in [5.74, 6) is -0.662. The van der Waals surface area contributed by atoms with Crippen molar-refractivity contribution in [3.8, 4) is 0 Å².